The molecule has 0 aromatic heterocycles. The maximum atomic E-state index is 12.5. The van der Waals surface area contributed by atoms with E-state index >= 15 is 0 Å². The number of nitrogens with zero attached hydrogens (tertiary/aromatic N) is 1. The first-order valence-corrected chi connectivity index (χ1v) is 8.72. The molecule has 0 spiro atoms. The SMILES string of the molecule is COc1c(C(=O)N2CCOCC2)cc(Cl)cc1S(=O)(=O)Cl. The summed E-state index contributed by atoms with van der Waals surface area (Å²) in [6, 6.07) is 2.52. The van der Waals surface area contributed by atoms with Gasteiger partial charge in [-0.05, 0) is 12.1 Å². The number of benzene rings is 1. The molecule has 0 atom stereocenters. The Hall–Kier alpha value is -1.02. The van der Waals surface area contributed by atoms with Crippen LogP contribution in [-0.2, 0) is 13.8 Å². The molecule has 0 N–H and O–H groups in total. The molecule has 1 aromatic carbocycles. The second kappa shape index (κ2) is 6.39. The van der Waals surface area contributed by atoms with Crippen molar-refractivity contribution in [2.45, 2.75) is 4.90 Å². The largest absolute Gasteiger partial charge is 0.494 e. The first kappa shape index (κ1) is 16.4. The number of amides is 1. The van der Waals surface area contributed by atoms with Crippen molar-refractivity contribution in [1.82, 2.24) is 4.90 Å². The van der Waals surface area contributed by atoms with Gasteiger partial charge in [0.25, 0.3) is 15.0 Å². The summed E-state index contributed by atoms with van der Waals surface area (Å²) in [4.78, 5) is 13.7. The fraction of sp³-hybridized carbons (Fsp3) is 0.417. The first-order valence-electron chi connectivity index (χ1n) is 6.04. The molecule has 1 amide bonds. The molecule has 6 nitrogen and oxygen atoms in total. The molecule has 1 aliphatic rings. The molecule has 0 radical (unpaired) electrons. The Labute approximate surface area is 131 Å². The fourth-order valence-corrected chi connectivity index (χ4v) is 3.37. The predicted octanol–water partition coefficient (Wildman–Crippen LogP) is 1.75. The highest BCUT2D eigenvalue weighted by molar-refractivity contribution is 8.13. The Bertz CT molecular complexity index is 656. The topological polar surface area (TPSA) is 72.9 Å². The smallest absolute Gasteiger partial charge is 0.265 e. The van der Waals surface area contributed by atoms with Crippen molar-refractivity contribution in [3.05, 3.63) is 22.7 Å². The van der Waals surface area contributed by atoms with Gasteiger partial charge in [-0.1, -0.05) is 11.6 Å². The Morgan fingerprint density at radius 1 is 1.33 bits per heavy atom. The quantitative estimate of drug-likeness (QED) is 0.774. The zero-order valence-corrected chi connectivity index (χ0v) is 13.5. The van der Waals surface area contributed by atoms with Gasteiger partial charge in [0.2, 0.25) is 0 Å². The van der Waals surface area contributed by atoms with Crippen LogP contribution in [-0.4, -0.2) is 52.6 Å². The Balaban J connectivity index is 2.52. The normalized spacial score (nSPS) is 15.9. The van der Waals surface area contributed by atoms with Crippen molar-refractivity contribution in [1.29, 1.82) is 0 Å². The number of methoxy groups -OCH3 is 1. The summed E-state index contributed by atoms with van der Waals surface area (Å²) in [5, 5.41) is 0.0895. The first-order chi connectivity index (χ1) is 9.84. The molecule has 21 heavy (non-hydrogen) atoms. The fourth-order valence-electron chi connectivity index (χ4n) is 2.06. The minimum atomic E-state index is -4.09. The Kier molecular flexibility index (Phi) is 4.98. The number of carbonyl (C=O) groups is 1. The van der Waals surface area contributed by atoms with Crippen molar-refractivity contribution >= 4 is 37.2 Å². The zero-order valence-electron chi connectivity index (χ0n) is 11.1. The molecule has 1 saturated heterocycles. The molecular formula is C12H13Cl2NO5S. The lowest BCUT2D eigenvalue weighted by molar-refractivity contribution is 0.0300. The maximum absolute atomic E-state index is 12.5. The summed E-state index contributed by atoms with van der Waals surface area (Å²) >= 11 is 5.89. The van der Waals surface area contributed by atoms with E-state index in [0.717, 1.165) is 6.07 Å². The molecular weight excluding hydrogens is 341 g/mol. The van der Waals surface area contributed by atoms with Crippen LogP contribution in [0.5, 0.6) is 5.75 Å². The molecule has 1 aromatic rings. The van der Waals surface area contributed by atoms with Crippen LogP contribution in [0.2, 0.25) is 5.02 Å². The minimum absolute atomic E-state index is 0.0612. The number of morpholine rings is 1. The summed E-state index contributed by atoms with van der Waals surface area (Å²) in [6.07, 6.45) is 0. The summed E-state index contributed by atoms with van der Waals surface area (Å²) in [5.74, 6) is -0.481. The predicted molar refractivity (Wildman–Crippen MR) is 77.8 cm³/mol. The van der Waals surface area contributed by atoms with Gasteiger partial charge in [-0.2, -0.15) is 0 Å². The van der Waals surface area contributed by atoms with Crippen molar-refractivity contribution in [2.75, 3.05) is 33.4 Å². The van der Waals surface area contributed by atoms with E-state index in [2.05, 4.69) is 0 Å². The van der Waals surface area contributed by atoms with Crippen molar-refractivity contribution < 1.29 is 22.7 Å². The van der Waals surface area contributed by atoms with E-state index in [1.54, 1.807) is 4.90 Å². The lowest BCUT2D eigenvalue weighted by Gasteiger charge is -2.27. The van der Waals surface area contributed by atoms with E-state index in [9.17, 15) is 13.2 Å². The molecule has 9 heteroatoms. The highest BCUT2D eigenvalue weighted by Crippen LogP contribution is 2.34. The van der Waals surface area contributed by atoms with E-state index in [-0.39, 0.29) is 27.1 Å². The molecule has 0 bridgehead atoms. The highest BCUT2D eigenvalue weighted by atomic mass is 35.7. The average molecular weight is 354 g/mol. The monoisotopic (exact) mass is 353 g/mol. The maximum Gasteiger partial charge on any atom is 0.265 e. The summed E-state index contributed by atoms with van der Waals surface area (Å²) in [6.45, 7) is 1.68. The van der Waals surface area contributed by atoms with Crippen LogP contribution in [0.15, 0.2) is 17.0 Å². The molecule has 1 aliphatic heterocycles. The molecule has 1 fully saturated rings. The van der Waals surface area contributed by atoms with Crippen LogP contribution in [0.4, 0.5) is 0 Å². The number of rotatable bonds is 3. The Morgan fingerprint density at radius 3 is 2.48 bits per heavy atom. The Morgan fingerprint density at radius 2 is 1.95 bits per heavy atom. The molecule has 0 saturated carbocycles. The van der Waals surface area contributed by atoms with E-state index in [1.165, 1.54) is 13.2 Å². The van der Waals surface area contributed by atoms with Gasteiger partial charge in [-0.15, -0.1) is 0 Å². The number of hydrogen-bond acceptors (Lipinski definition) is 5. The van der Waals surface area contributed by atoms with Gasteiger partial charge in [-0.3, -0.25) is 4.79 Å². The molecule has 0 unspecified atom stereocenters. The number of hydrogen-bond donors (Lipinski definition) is 0. The van der Waals surface area contributed by atoms with Gasteiger partial charge in [-0.25, -0.2) is 8.42 Å². The molecule has 116 valence electrons. The third kappa shape index (κ3) is 3.60. The average Bonchev–Trinajstić information content (AvgIpc) is 2.45. The van der Waals surface area contributed by atoms with Crippen LogP contribution in [0, 0.1) is 0 Å². The third-order valence-electron chi connectivity index (χ3n) is 3.02. The van der Waals surface area contributed by atoms with Crippen LogP contribution in [0.3, 0.4) is 0 Å². The minimum Gasteiger partial charge on any atom is -0.494 e. The van der Waals surface area contributed by atoms with Crippen LogP contribution in [0.1, 0.15) is 10.4 Å². The van der Waals surface area contributed by atoms with E-state index in [0.29, 0.717) is 26.3 Å². The van der Waals surface area contributed by atoms with Crippen LogP contribution < -0.4 is 4.74 Å². The standard InChI is InChI=1S/C12H13Cl2NO5S/c1-19-11-9(12(16)15-2-4-20-5-3-15)6-8(13)7-10(11)21(14,17)18/h6-7H,2-5H2,1H3. The van der Waals surface area contributed by atoms with Gasteiger partial charge in [0.1, 0.15) is 4.90 Å². The molecule has 0 aliphatic carbocycles. The van der Waals surface area contributed by atoms with Gasteiger partial charge >= 0.3 is 0 Å². The van der Waals surface area contributed by atoms with E-state index in [1.807, 2.05) is 0 Å². The van der Waals surface area contributed by atoms with Crippen LogP contribution >= 0.6 is 22.3 Å². The van der Waals surface area contributed by atoms with Gasteiger partial charge < -0.3 is 14.4 Å². The lowest BCUT2D eigenvalue weighted by Crippen LogP contribution is -2.40. The van der Waals surface area contributed by atoms with E-state index in [4.69, 9.17) is 31.8 Å². The highest BCUT2D eigenvalue weighted by Gasteiger charge is 2.27. The number of carbonyl (C=O) groups excluding carboxylic acids is 1. The number of ether oxygens (including phenoxy) is 2. The van der Waals surface area contributed by atoms with Crippen LogP contribution in [0.25, 0.3) is 0 Å². The molecule has 2 rings (SSSR count). The van der Waals surface area contributed by atoms with Gasteiger partial charge in [0.15, 0.2) is 5.75 Å². The number of halogens is 2. The lowest BCUT2D eigenvalue weighted by atomic mass is 10.1. The molecule has 1 heterocycles. The van der Waals surface area contributed by atoms with Crippen molar-refractivity contribution in [3.63, 3.8) is 0 Å². The summed E-state index contributed by atoms with van der Waals surface area (Å²) in [7, 11) is 2.55. The van der Waals surface area contributed by atoms with E-state index < -0.39 is 9.05 Å². The second-order valence-corrected chi connectivity index (χ2v) is 7.30. The zero-order chi connectivity index (χ0) is 15.6. The summed E-state index contributed by atoms with van der Waals surface area (Å²) < 4.78 is 33.4. The van der Waals surface area contributed by atoms with Gasteiger partial charge in [0, 0.05) is 28.8 Å². The van der Waals surface area contributed by atoms with Gasteiger partial charge in [0.05, 0.1) is 25.9 Å². The third-order valence-corrected chi connectivity index (χ3v) is 4.56. The van der Waals surface area contributed by atoms with Crippen molar-refractivity contribution in [2.24, 2.45) is 0 Å². The van der Waals surface area contributed by atoms with Crippen molar-refractivity contribution in [3.8, 4) is 5.75 Å². The summed E-state index contributed by atoms with van der Waals surface area (Å²) in [5.41, 5.74) is 0.0612. The second-order valence-electron chi connectivity index (χ2n) is 4.33.